The van der Waals surface area contributed by atoms with Crippen LogP contribution in [0.15, 0.2) is 35.3 Å². The summed E-state index contributed by atoms with van der Waals surface area (Å²) >= 11 is 0. The van der Waals surface area contributed by atoms with Crippen molar-refractivity contribution in [3.63, 3.8) is 0 Å². The van der Waals surface area contributed by atoms with Crippen molar-refractivity contribution in [2.75, 3.05) is 37.6 Å². The number of fused-ring (bicyclic) bond motifs is 1. The number of pyridine rings is 1. The molecule has 0 atom stereocenters. The number of aromatic nitrogens is 5. The number of aryl methyl sites for hydroxylation is 1. The minimum atomic E-state index is -0.0769. The molecule has 8 nitrogen and oxygen atoms in total. The highest BCUT2D eigenvalue weighted by Gasteiger charge is 2.20. The third kappa shape index (κ3) is 3.77. The van der Waals surface area contributed by atoms with Crippen LogP contribution >= 0.6 is 0 Å². The molecule has 0 aliphatic carbocycles. The fourth-order valence-corrected chi connectivity index (χ4v) is 3.55. The van der Waals surface area contributed by atoms with Crippen molar-refractivity contribution in [1.29, 1.82) is 0 Å². The molecule has 1 fully saturated rings. The summed E-state index contributed by atoms with van der Waals surface area (Å²) in [6, 6.07) is 7.66. The van der Waals surface area contributed by atoms with Crippen LogP contribution in [0, 0.1) is 6.92 Å². The van der Waals surface area contributed by atoms with E-state index < -0.39 is 0 Å². The first-order valence-electron chi connectivity index (χ1n) is 9.88. The van der Waals surface area contributed by atoms with Crippen molar-refractivity contribution in [1.82, 2.24) is 29.0 Å². The van der Waals surface area contributed by atoms with Gasteiger partial charge >= 0.3 is 5.69 Å². The lowest BCUT2D eigenvalue weighted by Crippen LogP contribution is -2.48. The summed E-state index contributed by atoms with van der Waals surface area (Å²) < 4.78 is 3.14. The highest BCUT2D eigenvalue weighted by molar-refractivity contribution is 5.40. The highest BCUT2D eigenvalue weighted by atomic mass is 16.2. The molecule has 0 spiro atoms. The molecule has 0 saturated carbocycles. The molecule has 1 aliphatic heterocycles. The Balaban J connectivity index is 1.37. The lowest BCUT2D eigenvalue weighted by Gasteiger charge is -2.35. The van der Waals surface area contributed by atoms with E-state index in [0.717, 1.165) is 50.1 Å². The van der Waals surface area contributed by atoms with Gasteiger partial charge in [-0.1, -0.05) is 19.9 Å². The molecule has 3 aromatic heterocycles. The Morgan fingerprint density at radius 1 is 1.07 bits per heavy atom. The maximum atomic E-state index is 12.4. The van der Waals surface area contributed by atoms with Gasteiger partial charge in [0.05, 0.1) is 6.54 Å². The summed E-state index contributed by atoms with van der Waals surface area (Å²) in [4.78, 5) is 26.4. The summed E-state index contributed by atoms with van der Waals surface area (Å²) in [7, 11) is 0. The van der Waals surface area contributed by atoms with Crippen molar-refractivity contribution in [2.24, 2.45) is 0 Å². The molecule has 4 rings (SSSR count). The fourth-order valence-electron chi connectivity index (χ4n) is 3.55. The molecule has 3 aromatic rings. The van der Waals surface area contributed by atoms with E-state index in [4.69, 9.17) is 4.98 Å². The zero-order valence-electron chi connectivity index (χ0n) is 16.7. The van der Waals surface area contributed by atoms with Gasteiger partial charge in [-0.15, -0.1) is 5.10 Å². The van der Waals surface area contributed by atoms with Gasteiger partial charge in [0.15, 0.2) is 5.65 Å². The Labute approximate surface area is 164 Å². The van der Waals surface area contributed by atoms with Crippen molar-refractivity contribution in [3.05, 3.63) is 52.5 Å². The SMILES string of the molecule is Cc1cc(N2CCN(CCn3nc4ccccn4c3=O)CC2)nc(C(C)C)n1. The second-order valence-electron chi connectivity index (χ2n) is 7.64. The van der Waals surface area contributed by atoms with Crippen LogP contribution in [0.4, 0.5) is 5.82 Å². The molecule has 8 heteroatoms. The second-order valence-corrected chi connectivity index (χ2v) is 7.64. The molecule has 0 aromatic carbocycles. The molecule has 0 amide bonds. The van der Waals surface area contributed by atoms with Crippen molar-refractivity contribution >= 4 is 11.5 Å². The van der Waals surface area contributed by atoms with Gasteiger partial charge < -0.3 is 4.90 Å². The van der Waals surface area contributed by atoms with Crippen LogP contribution in [0.2, 0.25) is 0 Å². The summed E-state index contributed by atoms with van der Waals surface area (Å²) in [5.41, 5.74) is 1.63. The number of nitrogens with zero attached hydrogens (tertiary/aromatic N) is 7. The van der Waals surface area contributed by atoms with E-state index in [1.165, 1.54) is 0 Å². The highest BCUT2D eigenvalue weighted by Crippen LogP contribution is 2.18. The Bertz CT molecular complexity index is 1010. The predicted octanol–water partition coefficient (Wildman–Crippen LogP) is 1.54. The van der Waals surface area contributed by atoms with Gasteiger partial charge in [0.1, 0.15) is 11.6 Å². The van der Waals surface area contributed by atoms with E-state index in [0.29, 0.717) is 18.1 Å². The van der Waals surface area contributed by atoms with Gasteiger partial charge in [0.2, 0.25) is 0 Å². The zero-order valence-corrected chi connectivity index (χ0v) is 16.7. The van der Waals surface area contributed by atoms with E-state index in [-0.39, 0.29) is 5.69 Å². The Morgan fingerprint density at radius 2 is 1.86 bits per heavy atom. The van der Waals surface area contributed by atoms with Crippen LogP contribution in [0.25, 0.3) is 5.65 Å². The first-order valence-corrected chi connectivity index (χ1v) is 9.88. The van der Waals surface area contributed by atoms with Crippen molar-refractivity contribution in [3.8, 4) is 0 Å². The van der Waals surface area contributed by atoms with Gasteiger partial charge in [-0.2, -0.15) is 0 Å². The van der Waals surface area contributed by atoms with Crippen LogP contribution in [0.3, 0.4) is 0 Å². The summed E-state index contributed by atoms with van der Waals surface area (Å²) in [6.45, 7) is 11.4. The number of hydrogen-bond acceptors (Lipinski definition) is 6. The molecule has 0 radical (unpaired) electrons. The topological polar surface area (TPSA) is 71.6 Å². The van der Waals surface area contributed by atoms with Crippen molar-refractivity contribution < 1.29 is 0 Å². The molecule has 1 saturated heterocycles. The maximum Gasteiger partial charge on any atom is 0.350 e. The molecular formula is C20H27N7O. The number of hydrogen-bond donors (Lipinski definition) is 0. The molecule has 0 bridgehead atoms. The fraction of sp³-hybridized carbons (Fsp3) is 0.500. The van der Waals surface area contributed by atoms with Crippen LogP contribution in [0.5, 0.6) is 0 Å². The Morgan fingerprint density at radius 3 is 2.57 bits per heavy atom. The first-order chi connectivity index (χ1) is 13.5. The van der Waals surface area contributed by atoms with Crippen LogP contribution in [-0.4, -0.2) is 61.8 Å². The minimum Gasteiger partial charge on any atom is -0.354 e. The van der Waals surface area contributed by atoms with Gasteiger partial charge in [-0.05, 0) is 19.1 Å². The third-order valence-corrected chi connectivity index (χ3v) is 5.19. The molecule has 1 aliphatic rings. The smallest absolute Gasteiger partial charge is 0.350 e. The molecule has 0 unspecified atom stereocenters. The van der Waals surface area contributed by atoms with E-state index in [9.17, 15) is 4.79 Å². The van der Waals surface area contributed by atoms with Gasteiger partial charge in [0.25, 0.3) is 0 Å². The van der Waals surface area contributed by atoms with E-state index in [1.807, 2.05) is 25.1 Å². The largest absolute Gasteiger partial charge is 0.354 e. The summed E-state index contributed by atoms with van der Waals surface area (Å²) in [5.74, 6) is 2.25. The van der Waals surface area contributed by atoms with E-state index in [1.54, 1.807) is 15.3 Å². The van der Waals surface area contributed by atoms with E-state index in [2.05, 4.69) is 39.8 Å². The average Bonchev–Trinajstić information content (AvgIpc) is 3.02. The maximum absolute atomic E-state index is 12.4. The normalized spacial score (nSPS) is 15.6. The molecule has 0 N–H and O–H groups in total. The Hall–Kier alpha value is -2.74. The lowest BCUT2D eigenvalue weighted by atomic mass is 10.2. The van der Waals surface area contributed by atoms with Crippen LogP contribution < -0.4 is 10.6 Å². The van der Waals surface area contributed by atoms with Gasteiger partial charge in [-0.25, -0.2) is 19.4 Å². The number of anilines is 1. The molecular weight excluding hydrogens is 354 g/mol. The Kier molecular flexibility index (Phi) is 5.13. The summed E-state index contributed by atoms with van der Waals surface area (Å²) in [5, 5.41) is 4.41. The zero-order chi connectivity index (χ0) is 19.7. The van der Waals surface area contributed by atoms with Crippen molar-refractivity contribution in [2.45, 2.75) is 33.2 Å². The quantitative estimate of drug-likeness (QED) is 0.668. The first kappa shape index (κ1) is 18.6. The number of rotatable bonds is 5. The van der Waals surface area contributed by atoms with E-state index >= 15 is 0 Å². The average molecular weight is 381 g/mol. The lowest BCUT2D eigenvalue weighted by molar-refractivity contribution is 0.243. The molecule has 148 valence electrons. The molecule has 4 heterocycles. The standard InChI is InChI=1S/C20H27N7O/c1-15(2)19-21-16(3)14-18(22-19)25-11-8-24(9-12-25)10-13-27-20(28)26-7-5-4-6-17(26)23-27/h4-7,14-15H,8-13H2,1-3H3. The van der Waals surface area contributed by atoms with Crippen LogP contribution in [-0.2, 0) is 6.54 Å². The number of piperazine rings is 1. The van der Waals surface area contributed by atoms with Gasteiger partial charge in [-0.3, -0.25) is 9.30 Å². The molecule has 28 heavy (non-hydrogen) atoms. The second kappa shape index (κ2) is 7.71. The third-order valence-electron chi connectivity index (χ3n) is 5.19. The van der Waals surface area contributed by atoms with Crippen LogP contribution in [0.1, 0.15) is 31.3 Å². The van der Waals surface area contributed by atoms with Gasteiger partial charge in [0, 0.05) is 56.6 Å². The monoisotopic (exact) mass is 381 g/mol. The minimum absolute atomic E-state index is 0.0769. The predicted molar refractivity (Wildman–Crippen MR) is 109 cm³/mol. The summed E-state index contributed by atoms with van der Waals surface area (Å²) in [6.07, 6.45) is 1.76.